The Bertz CT molecular complexity index is 1460. The third kappa shape index (κ3) is 5.85. The molecule has 3 heterocycles. The quantitative estimate of drug-likeness (QED) is 0.294. The number of halogens is 3. The number of primary amides is 1. The summed E-state index contributed by atoms with van der Waals surface area (Å²) in [5, 5.41) is 19.3. The van der Waals surface area contributed by atoms with E-state index in [-0.39, 0.29) is 12.0 Å². The fourth-order valence-corrected chi connectivity index (χ4v) is 3.47. The number of benzene rings is 1. The van der Waals surface area contributed by atoms with Gasteiger partial charge < -0.3 is 25.6 Å². The van der Waals surface area contributed by atoms with Crippen LogP contribution in [-0.4, -0.2) is 54.4 Å². The summed E-state index contributed by atoms with van der Waals surface area (Å²) in [4.78, 5) is 33.0. The zero-order chi connectivity index (χ0) is 26.9. The lowest BCUT2D eigenvalue weighted by Gasteiger charge is -2.07. The second kappa shape index (κ2) is 9.87. The van der Waals surface area contributed by atoms with Crippen LogP contribution in [0, 0.1) is 0 Å². The number of carboxylic acids is 1. The first-order valence-electron chi connectivity index (χ1n) is 11.1. The van der Waals surface area contributed by atoms with Gasteiger partial charge in [-0.1, -0.05) is 5.10 Å². The van der Waals surface area contributed by atoms with E-state index < -0.39 is 18.1 Å². The van der Waals surface area contributed by atoms with Gasteiger partial charge in [0.15, 0.2) is 5.82 Å². The second-order valence-corrected chi connectivity index (χ2v) is 8.61. The molecule has 5 rings (SSSR count). The molecule has 1 aliphatic rings. The molecule has 14 heteroatoms. The SMILES string of the molecule is CC(C)Nc1nnc(-c2ccc3[nH]cc(-c4ncc(C(N)=O)c(C5CC5)n4)c3c2)o1.O=C(O)C(F)(F)F. The number of fused-ring (bicyclic) bond motifs is 1. The number of aromatic nitrogens is 5. The number of amides is 1. The molecule has 0 spiro atoms. The smallest absolute Gasteiger partial charge is 0.475 e. The molecule has 1 saturated carbocycles. The molecule has 0 radical (unpaired) electrons. The van der Waals surface area contributed by atoms with Crippen LogP contribution in [0.3, 0.4) is 0 Å². The molecule has 1 aliphatic carbocycles. The first kappa shape index (κ1) is 25.6. The molecule has 3 aromatic heterocycles. The Kier molecular flexibility index (Phi) is 6.83. The van der Waals surface area contributed by atoms with Crippen molar-refractivity contribution in [3.8, 4) is 22.8 Å². The molecule has 0 saturated heterocycles. The molecule has 1 aromatic carbocycles. The van der Waals surface area contributed by atoms with Gasteiger partial charge in [0, 0.05) is 46.4 Å². The first-order chi connectivity index (χ1) is 17.4. The van der Waals surface area contributed by atoms with E-state index in [1.54, 1.807) is 0 Å². The lowest BCUT2D eigenvalue weighted by atomic mass is 10.1. The van der Waals surface area contributed by atoms with Crippen molar-refractivity contribution in [3.63, 3.8) is 0 Å². The molecule has 194 valence electrons. The molecule has 0 bridgehead atoms. The third-order valence-corrected chi connectivity index (χ3v) is 5.30. The second-order valence-electron chi connectivity index (χ2n) is 8.61. The lowest BCUT2D eigenvalue weighted by molar-refractivity contribution is -0.192. The lowest BCUT2D eigenvalue weighted by Crippen LogP contribution is -2.21. The molecule has 0 atom stereocenters. The van der Waals surface area contributed by atoms with E-state index in [0.717, 1.165) is 40.6 Å². The Morgan fingerprint density at radius 2 is 1.95 bits per heavy atom. The van der Waals surface area contributed by atoms with Gasteiger partial charge in [-0.25, -0.2) is 14.8 Å². The minimum Gasteiger partial charge on any atom is -0.475 e. The van der Waals surface area contributed by atoms with Gasteiger partial charge in [-0.15, -0.1) is 5.10 Å². The van der Waals surface area contributed by atoms with E-state index >= 15 is 0 Å². The number of carboxylic acid groups (broad SMARTS) is 1. The van der Waals surface area contributed by atoms with Crippen molar-refractivity contribution in [1.82, 2.24) is 25.1 Å². The molecular weight excluding hydrogens is 495 g/mol. The molecule has 0 unspecified atom stereocenters. The summed E-state index contributed by atoms with van der Waals surface area (Å²) in [6, 6.07) is 6.41. The number of H-pyrrole nitrogens is 1. The van der Waals surface area contributed by atoms with Crippen molar-refractivity contribution in [1.29, 1.82) is 0 Å². The van der Waals surface area contributed by atoms with E-state index in [1.165, 1.54) is 6.20 Å². The number of aromatic amines is 1. The Morgan fingerprint density at radius 1 is 1.24 bits per heavy atom. The summed E-state index contributed by atoms with van der Waals surface area (Å²) in [6.07, 6.45) is 0.337. The van der Waals surface area contributed by atoms with Gasteiger partial charge in [0.05, 0.1) is 11.3 Å². The number of rotatable bonds is 6. The predicted molar refractivity (Wildman–Crippen MR) is 126 cm³/mol. The highest BCUT2D eigenvalue weighted by Crippen LogP contribution is 2.41. The van der Waals surface area contributed by atoms with Gasteiger partial charge in [0.25, 0.3) is 5.91 Å². The Balaban J connectivity index is 0.000000405. The standard InChI is InChI=1S/C21H21N7O2.C2HF3O2/c1-10(2)25-21-28-27-20(30-21)12-5-6-16-13(7-12)14(8-23-16)19-24-9-15(18(22)29)17(26-19)11-3-4-11;3-2(4,5)1(6)7/h5-11,23H,3-4H2,1-2H3,(H2,22,29)(H,25,28);(H,6,7). The summed E-state index contributed by atoms with van der Waals surface area (Å²) in [7, 11) is 0. The van der Waals surface area contributed by atoms with E-state index in [9.17, 15) is 18.0 Å². The largest absolute Gasteiger partial charge is 0.490 e. The number of nitrogens with one attached hydrogen (secondary N) is 2. The highest BCUT2D eigenvalue weighted by molar-refractivity contribution is 5.97. The van der Waals surface area contributed by atoms with Gasteiger partial charge in [-0.3, -0.25) is 4.79 Å². The van der Waals surface area contributed by atoms with Crippen LogP contribution in [0.4, 0.5) is 19.2 Å². The van der Waals surface area contributed by atoms with Crippen molar-refractivity contribution in [2.75, 3.05) is 5.32 Å². The maximum absolute atomic E-state index is 11.7. The van der Waals surface area contributed by atoms with Crippen molar-refractivity contribution in [2.24, 2.45) is 5.73 Å². The third-order valence-electron chi connectivity index (χ3n) is 5.30. The number of anilines is 1. The minimum absolute atomic E-state index is 0.193. The maximum Gasteiger partial charge on any atom is 0.490 e. The van der Waals surface area contributed by atoms with Gasteiger partial charge in [-0.05, 0) is 44.9 Å². The summed E-state index contributed by atoms with van der Waals surface area (Å²) in [5.41, 5.74) is 9.21. The van der Waals surface area contributed by atoms with Crippen LogP contribution in [0.15, 0.2) is 35.0 Å². The van der Waals surface area contributed by atoms with Gasteiger partial charge in [0.2, 0.25) is 5.89 Å². The Labute approximate surface area is 207 Å². The minimum atomic E-state index is -5.08. The fourth-order valence-electron chi connectivity index (χ4n) is 3.47. The van der Waals surface area contributed by atoms with E-state index in [1.807, 2.05) is 38.2 Å². The number of hydrogen-bond acceptors (Lipinski definition) is 8. The fraction of sp³-hybridized carbons (Fsp3) is 0.304. The van der Waals surface area contributed by atoms with Crippen molar-refractivity contribution < 1.29 is 32.3 Å². The zero-order valence-electron chi connectivity index (χ0n) is 19.6. The van der Waals surface area contributed by atoms with Crippen molar-refractivity contribution in [2.45, 2.75) is 44.8 Å². The molecule has 5 N–H and O–H groups in total. The number of carbonyl (C=O) groups is 2. The van der Waals surface area contributed by atoms with Crippen LogP contribution in [0.2, 0.25) is 0 Å². The van der Waals surface area contributed by atoms with Gasteiger partial charge in [0.1, 0.15) is 0 Å². The van der Waals surface area contributed by atoms with E-state index in [4.69, 9.17) is 25.0 Å². The molecule has 37 heavy (non-hydrogen) atoms. The number of aliphatic carboxylic acids is 1. The molecule has 4 aromatic rings. The van der Waals surface area contributed by atoms with E-state index in [2.05, 4.69) is 25.5 Å². The van der Waals surface area contributed by atoms with Gasteiger partial charge >= 0.3 is 18.2 Å². The summed E-state index contributed by atoms with van der Waals surface area (Å²) in [5.74, 6) is -1.99. The van der Waals surface area contributed by atoms with Crippen LogP contribution in [-0.2, 0) is 4.79 Å². The van der Waals surface area contributed by atoms with Crippen molar-refractivity contribution >= 4 is 28.8 Å². The van der Waals surface area contributed by atoms with Crippen LogP contribution >= 0.6 is 0 Å². The Hall–Kier alpha value is -4.49. The van der Waals surface area contributed by atoms with Crippen LogP contribution < -0.4 is 11.1 Å². The normalized spacial score (nSPS) is 13.4. The number of carbonyl (C=O) groups excluding carboxylic acids is 1. The maximum atomic E-state index is 11.7. The molecule has 1 fully saturated rings. The molecular formula is C23H22F3N7O4. The monoisotopic (exact) mass is 517 g/mol. The van der Waals surface area contributed by atoms with Crippen LogP contribution in [0.1, 0.15) is 48.7 Å². The highest BCUT2D eigenvalue weighted by atomic mass is 19.4. The number of hydrogen-bond donors (Lipinski definition) is 4. The van der Waals surface area contributed by atoms with Crippen LogP contribution in [0.5, 0.6) is 0 Å². The summed E-state index contributed by atoms with van der Waals surface area (Å²) < 4.78 is 37.5. The number of nitrogens with zero attached hydrogens (tertiary/aromatic N) is 4. The summed E-state index contributed by atoms with van der Waals surface area (Å²) in [6.45, 7) is 4.00. The van der Waals surface area contributed by atoms with Crippen LogP contribution in [0.25, 0.3) is 33.7 Å². The molecule has 1 amide bonds. The molecule has 11 nitrogen and oxygen atoms in total. The highest BCUT2D eigenvalue weighted by Gasteiger charge is 2.38. The Morgan fingerprint density at radius 3 is 2.54 bits per heavy atom. The summed E-state index contributed by atoms with van der Waals surface area (Å²) >= 11 is 0. The average Bonchev–Trinajstić information content (AvgIpc) is 3.43. The zero-order valence-corrected chi connectivity index (χ0v) is 19.6. The average molecular weight is 517 g/mol. The van der Waals surface area contributed by atoms with Crippen molar-refractivity contribution in [3.05, 3.63) is 41.9 Å². The number of alkyl halides is 3. The topological polar surface area (TPSA) is 173 Å². The molecule has 0 aliphatic heterocycles. The predicted octanol–water partition coefficient (Wildman–Crippen LogP) is 4.10. The van der Waals surface area contributed by atoms with Gasteiger partial charge in [-0.2, -0.15) is 13.2 Å². The van der Waals surface area contributed by atoms with E-state index in [0.29, 0.717) is 23.3 Å². The first-order valence-corrected chi connectivity index (χ1v) is 11.1. The number of nitrogens with two attached hydrogens (primary N) is 1.